The van der Waals surface area contributed by atoms with Crippen molar-refractivity contribution in [1.29, 1.82) is 0 Å². The number of ether oxygens (including phenoxy) is 5. The predicted molar refractivity (Wildman–Crippen MR) is 114 cm³/mol. The maximum Gasteiger partial charge on any atom is 0.261 e. The molecule has 0 atom stereocenters. The molecule has 0 unspecified atom stereocenters. The summed E-state index contributed by atoms with van der Waals surface area (Å²) in [4.78, 5) is 26.2. The van der Waals surface area contributed by atoms with Gasteiger partial charge < -0.3 is 33.6 Å². The molecule has 0 radical (unpaired) electrons. The summed E-state index contributed by atoms with van der Waals surface area (Å²) in [7, 11) is 4.46. The summed E-state index contributed by atoms with van der Waals surface area (Å²) in [6.07, 6.45) is 1.54. The minimum atomic E-state index is -0.555. The summed E-state index contributed by atoms with van der Waals surface area (Å²) in [5.74, 6) is 1.67. The summed E-state index contributed by atoms with van der Waals surface area (Å²) in [6.45, 7) is 2.58. The number of hydrogen-bond acceptors (Lipinski definition) is 7. The van der Waals surface area contributed by atoms with Crippen LogP contribution in [0, 0.1) is 0 Å². The van der Waals surface area contributed by atoms with Gasteiger partial charge in [0, 0.05) is 36.6 Å². The van der Waals surface area contributed by atoms with E-state index in [9.17, 15) is 9.59 Å². The van der Waals surface area contributed by atoms with E-state index in [4.69, 9.17) is 23.7 Å². The third-order valence-electron chi connectivity index (χ3n) is 5.08. The molecule has 1 aliphatic heterocycles. The highest BCUT2D eigenvalue weighted by Gasteiger charge is 2.21. The molecule has 0 saturated heterocycles. The molecule has 1 amide bonds. The standard InChI is InChI=1S/C22H22N2O7/c1-5-24-10-14(20(25)13-8-16-17(9-15(13)24)31-11-30-16)22(26)23-12-6-18(27-2)21(29-4)19(7-12)28-3/h6-10H,5,11H2,1-4H3,(H,23,26). The van der Waals surface area contributed by atoms with Gasteiger partial charge in [0.2, 0.25) is 18.0 Å². The zero-order chi connectivity index (χ0) is 22.1. The van der Waals surface area contributed by atoms with Crippen molar-refractivity contribution in [2.24, 2.45) is 0 Å². The number of carbonyl (C=O) groups is 1. The fraction of sp³-hybridized carbons (Fsp3) is 0.273. The highest BCUT2D eigenvalue weighted by atomic mass is 16.7. The first-order valence-corrected chi connectivity index (χ1v) is 9.58. The maximum absolute atomic E-state index is 13.1. The van der Waals surface area contributed by atoms with Crippen molar-refractivity contribution in [3.8, 4) is 28.7 Å². The van der Waals surface area contributed by atoms with Gasteiger partial charge in [-0.15, -0.1) is 0 Å². The van der Waals surface area contributed by atoms with Crippen LogP contribution in [0.3, 0.4) is 0 Å². The van der Waals surface area contributed by atoms with Crippen LogP contribution in [-0.2, 0) is 6.54 Å². The number of fused-ring (bicyclic) bond motifs is 2. The molecule has 1 N–H and O–H groups in total. The van der Waals surface area contributed by atoms with Gasteiger partial charge in [-0.3, -0.25) is 9.59 Å². The Hall–Kier alpha value is -3.88. The molecule has 1 aromatic heterocycles. The number of rotatable bonds is 6. The van der Waals surface area contributed by atoms with Gasteiger partial charge >= 0.3 is 0 Å². The lowest BCUT2D eigenvalue weighted by Crippen LogP contribution is -2.24. The molecule has 0 saturated carbocycles. The first-order valence-electron chi connectivity index (χ1n) is 9.58. The van der Waals surface area contributed by atoms with E-state index in [1.165, 1.54) is 21.3 Å². The maximum atomic E-state index is 13.1. The Bertz CT molecular complexity index is 1210. The van der Waals surface area contributed by atoms with Crippen LogP contribution in [0.2, 0.25) is 0 Å². The number of hydrogen-bond donors (Lipinski definition) is 1. The van der Waals surface area contributed by atoms with E-state index in [0.717, 1.165) is 0 Å². The second-order valence-corrected chi connectivity index (χ2v) is 6.75. The van der Waals surface area contributed by atoms with E-state index in [2.05, 4.69) is 5.32 Å². The first-order chi connectivity index (χ1) is 15.0. The van der Waals surface area contributed by atoms with Crippen molar-refractivity contribution in [3.05, 3.63) is 46.2 Å². The number of aromatic nitrogens is 1. The number of nitrogens with one attached hydrogen (secondary N) is 1. The van der Waals surface area contributed by atoms with Crippen LogP contribution in [0.4, 0.5) is 5.69 Å². The molecule has 0 aliphatic carbocycles. The highest BCUT2D eigenvalue weighted by Crippen LogP contribution is 2.40. The molecular weight excluding hydrogens is 404 g/mol. The third-order valence-corrected chi connectivity index (χ3v) is 5.08. The van der Waals surface area contributed by atoms with Gasteiger partial charge in [-0.1, -0.05) is 0 Å². The molecule has 3 aromatic rings. The van der Waals surface area contributed by atoms with Crippen LogP contribution in [-0.4, -0.2) is 38.6 Å². The average molecular weight is 426 g/mol. The summed E-state index contributed by atoms with van der Waals surface area (Å²) in [5.41, 5.74) is 0.665. The SMILES string of the molecule is CCn1cc(C(=O)Nc2cc(OC)c(OC)c(OC)c2)c(=O)c2cc3c(cc21)OCO3. The minimum Gasteiger partial charge on any atom is -0.493 e. The molecule has 2 aromatic carbocycles. The van der Waals surface area contributed by atoms with Crippen molar-refractivity contribution in [2.45, 2.75) is 13.5 Å². The second kappa shape index (κ2) is 8.10. The number of nitrogens with zero attached hydrogens (tertiary/aromatic N) is 1. The largest absolute Gasteiger partial charge is 0.493 e. The van der Waals surface area contributed by atoms with Gasteiger partial charge in [0.05, 0.1) is 32.2 Å². The van der Waals surface area contributed by atoms with Crippen molar-refractivity contribution in [1.82, 2.24) is 4.57 Å². The molecule has 9 nitrogen and oxygen atoms in total. The lowest BCUT2D eigenvalue weighted by molar-refractivity contribution is 0.102. The van der Waals surface area contributed by atoms with E-state index in [1.54, 1.807) is 30.5 Å². The Kier molecular flexibility index (Phi) is 5.33. The molecule has 0 fully saturated rings. The van der Waals surface area contributed by atoms with E-state index in [0.29, 0.717) is 51.9 Å². The van der Waals surface area contributed by atoms with Crippen LogP contribution < -0.4 is 34.4 Å². The molecule has 1 aliphatic rings. The fourth-order valence-electron chi connectivity index (χ4n) is 3.55. The van der Waals surface area contributed by atoms with Crippen molar-refractivity contribution < 1.29 is 28.5 Å². The fourth-order valence-corrected chi connectivity index (χ4v) is 3.55. The predicted octanol–water partition coefficient (Wildman–Crippen LogP) is 3.03. The van der Waals surface area contributed by atoms with Gasteiger partial charge in [0.25, 0.3) is 5.91 Å². The number of aryl methyl sites for hydroxylation is 1. The van der Waals surface area contributed by atoms with E-state index in [1.807, 2.05) is 11.5 Å². The number of carbonyl (C=O) groups excluding carboxylic acids is 1. The van der Waals surface area contributed by atoms with Crippen LogP contribution >= 0.6 is 0 Å². The smallest absolute Gasteiger partial charge is 0.261 e. The average Bonchev–Trinajstić information content (AvgIpc) is 3.25. The number of methoxy groups -OCH3 is 3. The normalized spacial score (nSPS) is 12.0. The molecule has 31 heavy (non-hydrogen) atoms. The molecule has 2 heterocycles. The van der Waals surface area contributed by atoms with Gasteiger partial charge in [-0.2, -0.15) is 0 Å². The Morgan fingerprint density at radius 1 is 1.03 bits per heavy atom. The van der Waals surface area contributed by atoms with E-state index in [-0.39, 0.29) is 12.4 Å². The van der Waals surface area contributed by atoms with Gasteiger partial charge in [0.1, 0.15) is 5.56 Å². The molecule has 0 bridgehead atoms. The Labute approximate surface area is 178 Å². The van der Waals surface area contributed by atoms with Crippen molar-refractivity contribution in [3.63, 3.8) is 0 Å². The second-order valence-electron chi connectivity index (χ2n) is 6.75. The van der Waals surface area contributed by atoms with Gasteiger partial charge in [-0.05, 0) is 13.0 Å². The Morgan fingerprint density at radius 2 is 1.68 bits per heavy atom. The summed E-state index contributed by atoms with van der Waals surface area (Å²) >= 11 is 0. The lowest BCUT2D eigenvalue weighted by atomic mass is 10.1. The molecule has 4 rings (SSSR count). The monoisotopic (exact) mass is 426 g/mol. The minimum absolute atomic E-state index is 0.00182. The first kappa shape index (κ1) is 20.4. The summed E-state index contributed by atoms with van der Waals surface area (Å²) in [6, 6.07) is 6.55. The number of amides is 1. The van der Waals surface area contributed by atoms with E-state index >= 15 is 0 Å². The highest BCUT2D eigenvalue weighted by molar-refractivity contribution is 6.06. The van der Waals surface area contributed by atoms with Crippen LogP contribution in [0.1, 0.15) is 17.3 Å². The number of anilines is 1. The summed E-state index contributed by atoms with van der Waals surface area (Å²) < 4.78 is 28.6. The molecule has 0 spiro atoms. The van der Waals surface area contributed by atoms with E-state index < -0.39 is 11.3 Å². The zero-order valence-electron chi connectivity index (χ0n) is 17.6. The van der Waals surface area contributed by atoms with Crippen LogP contribution in [0.15, 0.2) is 35.3 Å². The van der Waals surface area contributed by atoms with Gasteiger partial charge in [0.15, 0.2) is 23.0 Å². The van der Waals surface area contributed by atoms with Crippen molar-refractivity contribution in [2.75, 3.05) is 33.4 Å². The lowest BCUT2D eigenvalue weighted by Gasteiger charge is -2.15. The topological polar surface area (TPSA) is 97.3 Å². The zero-order valence-corrected chi connectivity index (χ0v) is 17.6. The Morgan fingerprint density at radius 3 is 2.26 bits per heavy atom. The van der Waals surface area contributed by atoms with Crippen molar-refractivity contribution >= 4 is 22.5 Å². The number of benzene rings is 2. The summed E-state index contributed by atoms with van der Waals surface area (Å²) in [5, 5.41) is 3.12. The number of pyridine rings is 1. The molecular formula is C22H22N2O7. The van der Waals surface area contributed by atoms with Crippen LogP contribution in [0.5, 0.6) is 28.7 Å². The molecule has 9 heteroatoms. The van der Waals surface area contributed by atoms with Gasteiger partial charge in [-0.25, -0.2) is 0 Å². The third kappa shape index (κ3) is 3.48. The van der Waals surface area contributed by atoms with Crippen LogP contribution in [0.25, 0.3) is 10.9 Å². The Balaban J connectivity index is 1.77. The quantitative estimate of drug-likeness (QED) is 0.647. The molecule has 162 valence electrons.